The van der Waals surface area contributed by atoms with Gasteiger partial charge in [0, 0.05) is 12.3 Å². The van der Waals surface area contributed by atoms with Crippen molar-refractivity contribution >= 4 is 0 Å². The number of hydrogen-bond acceptors (Lipinski definition) is 3. The largest absolute Gasteiger partial charge is 0.475 e. The Morgan fingerprint density at radius 2 is 2.23 bits per heavy atom. The van der Waals surface area contributed by atoms with Crippen molar-refractivity contribution in [3.05, 3.63) is 23.9 Å². The highest BCUT2D eigenvalue weighted by molar-refractivity contribution is 5.20. The molecule has 72 valence electrons. The van der Waals surface area contributed by atoms with Gasteiger partial charge < -0.3 is 9.84 Å². The van der Waals surface area contributed by atoms with E-state index in [2.05, 4.69) is 18.8 Å². The van der Waals surface area contributed by atoms with E-state index in [0.29, 0.717) is 18.4 Å². The topological polar surface area (TPSA) is 42.4 Å². The highest BCUT2D eigenvalue weighted by atomic mass is 16.5. The summed E-state index contributed by atoms with van der Waals surface area (Å²) in [7, 11) is 0. The number of pyridine rings is 1. The van der Waals surface area contributed by atoms with Crippen LogP contribution in [-0.4, -0.2) is 23.3 Å². The minimum absolute atomic E-state index is 0.0214. The standard InChI is InChI=1S/C10H15NO2/c1-8(2)9-3-4-10(11-7-9)13-6-5-12/h3-4,7-8,12H,5-6H2,1-2H3. The van der Waals surface area contributed by atoms with Crippen molar-refractivity contribution in [2.24, 2.45) is 0 Å². The van der Waals surface area contributed by atoms with Crippen LogP contribution in [0.2, 0.25) is 0 Å². The van der Waals surface area contributed by atoms with E-state index in [1.165, 1.54) is 5.56 Å². The van der Waals surface area contributed by atoms with Crippen LogP contribution in [0, 0.1) is 0 Å². The fourth-order valence-corrected chi connectivity index (χ4v) is 0.969. The molecule has 0 unspecified atom stereocenters. The van der Waals surface area contributed by atoms with Gasteiger partial charge in [-0.25, -0.2) is 4.98 Å². The highest BCUT2D eigenvalue weighted by Crippen LogP contribution is 2.15. The zero-order valence-electron chi connectivity index (χ0n) is 8.03. The maximum atomic E-state index is 8.52. The van der Waals surface area contributed by atoms with Crippen LogP contribution >= 0.6 is 0 Å². The van der Waals surface area contributed by atoms with Crippen LogP contribution in [0.4, 0.5) is 0 Å². The van der Waals surface area contributed by atoms with Gasteiger partial charge >= 0.3 is 0 Å². The second kappa shape index (κ2) is 4.82. The molecule has 1 rings (SSSR count). The molecule has 0 aliphatic heterocycles. The molecule has 0 radical (unpaired) electrons. The Morgan fingerprint density at radius 3 is 2.69 bits per heavy atom. The molecular formula is C10H15NO2. The van der Waals surface area contributed by atoms with E-state index in [0.717, 1.165) is 0 Å². The summed E-state index contributed by atoms with van der Waals surface area (Å²) in [5, 5.41) is 8.52. The lowest BCUT2D eigenvalue weighted by molar-refractivity contribution is 0.196. The molecule has 1 aromatic rings. The summed E-state index contributed by atoms with van der Waals surface area (Å²) in [5.41, 5.74) is 1.19. The van der Waals surface area contributed by atoms with E-state index in [-0.39, 0.29) is 6.61 Å². The van der Waals surface area contributed by atoms with Gasteiger partial charge in [-0.1, -0.05) is 19.9 Å². The van der Waals surface area contributed by atoms with Gasteiger partial charge in [0.15, 0.2) is 0 Å². The van der Waals surface area contributed by atoms with E-state index < -0.39 is 0 Å². The molecule has 0 aliphatic rings. The smallest absolute Gasteiger partial charge is 0.213 e. The summed E-state index contributed by atoms with van der Waals surface area (Å²) in [5.74, 6) is 1.05. The molecule has 1 heterocycles. The summed E-state index contributed by atoms with van der Waals surface area (Å²) < 4.78 is 5.13. The summed E-state index contributed by atoms with van der Waals surface area (Å²) in [6, 6.07) is 3.81. The molecule has 0 fully saturated rings. The molecule has 0 spiro atoms. The molecule has 0 amide bonds. The second-order valence-corrected chi connectivity index (χ2v) is 3.16. The van der Waals surface area contributed by atoms with Crippen molar-refractivity contribution < 1.29 is 9.84 Å². The average Bonchev–Trinajstić information content (AvgIpc) is 2.15. The third-order valence-corrected chi connectivity index (χ3v) is 1.77. The van der Waals surface area contributed by atoms with Gasteiger partial charge in [0.25, 0.3) is 0 Å². The lowest BCUT2D eigenvalue weighted by Crippen LogP contribution is -2.03. The second-order valence-electron chi connectivity index (χ2n) is 3.16. The highest BCUT2D eigenvalue weighted by Gasteiger charge is 1.99. The van der Waals surface area contributed by atoms with E-state index in [1.54, 1.807) is 6.20 Å². The average molecular weight is 181 g/mol. The van der Waals surface area contributed by atoms with Crippen LogP contribution < -0.4 is 4.74 Å². The van der Waals surface area contributed by atoms with Gasteiger partial charge in [0.1, 0.15) is 6.61 Å². The Balaban J connectivity index is 2.59. The number of ether oxygens (including phenoxy) is 1. The van der Waals surface area contributed by atoms with Gasteiger partial charge in [-0.05, 0) is 11.5 Å². The summed E-state index contributed by atoms with van der Waals surface area (Å²) in [4.78, 5) is 4.10. The summed E-state index contributed by atoms with van der Waals surface area (Å²) in [6.07, 6.45) is 1.80. The Kier molecular flexibility index (Phi) is 3.71. The van der Waals surface area contributed by atoms with Gasteiger partial charge in [0.05, 0.1) is 6.61 Å². The number of rotatable bonds is 4. The molecule has 13 heavy (non-hydrogen) atoms. The molecule has 0 aliphatic carbocycles. The first-order valence-corrected chi connectivity index (χ1v) is 4.43. The summed E-state index contributed by atoms with van der Waals surface area (Å²) in [6.45, 7) is 4.55. The van der Waals surface area contributed by atoms with E-state index >= 15 is 0 Å². The third-order valence-electron chi connectivity index (χ3n) is 1.77. The number of nitrogens with zero attached hydrogens (tertiary/aromatic N) is 1. The first-order valence-electron chi connectivity index (χ1n) is 4.43. The van der Waals surface area contributed by atoms with Gasteiger partial charge in [0.2, 0.25) is 5.88 Å². The first-order chi connectivity index (χ1) is 6.24. The zero-order chi connectivity index (χ0) is 9.68. The monoisotopic (exact) mass is 181 g/mol. The van der Waals surface area contributed by atoms with Crippen molar-refractivity contribution in [1.29, 1.82) is 0 Å². The van der Waals surface area contributed by atoms with Crippen LogP contribution in [0.1, 0.15) is 25.3 Å². The number of aromatic nitrogens is 1. The zero-order valence-corrected chi connectivity index (χ0v) is 8.03. The number of aliphatic hydroxyl groups excluding tert-OH is 1. The molecule has 0 saturated carbocycles. The molecule has 3 heteroatoms. The van der Waals surface area contributed by atoms with Crippen LogP contribution in [0.3, 0.4) is 0 Å². The molecule has 0 atom stereocenters. The van der Waals surface area contributed by atoms with Crippen molar-refractivity contribution in [3.8, 4) is 5.88 Å². The fraction of sp³-hybridized carbons (Fsp3) is 0.500. The van der Waals surface area contributed by atoms with E-state index in [1.807, 2.05) is 12.1 Å². The first kappa shape index (κ1) is 9.99. The lowest BCUT2D eigenvalue weighted by Gasteiger charge is -2.06. The molecule has 1 N–H and O–H groups in total. The third kappa shape index (κ3) is 3.03. The minimum Gasteiger partial charge on any atom is -0.475 e. The van der Waals surface area contributed by atoms with Crippen molar-refractivity contribution in [2.45, 2.75) is 19.8 Å². The fourth-order valence-electron chi connectivity index (χ4n) is 0.969. The predicted molar refractivity (Wildman–Crippen MR) is 50.9 cm³/mol. The number of hydrogen-bond donors (Lipinski definition) is 1. The van der Waals surface area contributed by atoms with Crippen molar-refractivity contribution in [1.82, 2.24) is 4.98 Å². The molecule has 0 bridgehead atoms. The van der Waals surface area contributed by atoms with Crippen LogP contribution in [0.5, 0.6) is 5.88 Å². The molecule has 0 aromatic carbocycles. The molecule has 0 saturated heterocycles. The SMILES string of the molecule is CC(C)c1ccc(OCCO)nc1. The van der Waals surface area contributed by atoms with Crippen LogP contribution in [0.15, 0.2) is 18.3 Å². The Morgan fingerprint density at radius 1 is 1.46 bits per heavy atom. The van der Waals surface area contributed by atoms with Crippen molar-refractivity contribution in [3.63, 3.8) is 0 Å². The van der Waals surface area contributed by atoms with E-state index in [4.69, 9.17) is 9.84 Å². The van der Waals surface area contributed by atoms with Crippen LogP contribution in [-0.2, 0) is 0 Å². The van der Waals surface area contributed by atoms with Gasteiger partial charge in [-0.3, -0.25) is 0 Å². The quantitative estimate of drug-likeness (QED) is 0.766. The number of aliphatic hydroxyl groups is 1. The Hall–Kier alpha value is -1.09. The normalized spacial score (nSPS) is 10.5. The Labute approximate surface area is 78.4 Å². The molecule has 1 aromatic heterocycles. The minimum atomic E-state index is 0.0214. The van der Waals surface area contributed by atoms with Crippen LogP contribution in [0.25, 0.3) is 0 Å². The predicted octanol–water partition coefficient (Wildman–Crippen LogP) is 1.58. The summed E-state index contributed by atoms with van der Waals surface area (Å²) >= 11 is 0. The van der Waals surface area contributed by atoms with Gasteiger partial charge in [-0.15, -0.1) is 0 Å². The lowest BCUT2D eigenvalue weighted by atomic mass is 10.1. The van der Waals surface area contributed by atoms with Crippen molar-refractivity contribution in [2.75, 3.05) is 13.2 Å². The van der Waals surface area contributed by atoms with Gasteiger partial charge in [-0.2, -0.15) is 0 Å². The maximum absolute atomic E-state index is 8.52. The Bertz CT molecular complexity index is 244. The maximum Gasteiger partial charge on any atom is 0.213 e. The van der Waals surface area contributed by atoms with E-state index in [9.17, 15) is 0 Å². The molecular weight excluding hydrogens is 166 g/mol. The molecule has 3 nitrogen and oxygen atoms in total.